The molecular weight excluding hydrogens is 434 g/mol. The van der Waals surface area contributed by atoms with E-state index in [1.165, 1.54) is 8.61 Å². The SMILES string of the molecule is CCOc1ccccc1CNC(=O)C1CCCN(S(=O)(=O)N2CCC3(CC2)OCCO3)C1. The summed E-state index contributed by atoms with van der Waals surface area (Å²) in [6.45, 7) is 5.32. The molecule has 10 heteroatoms. The highest BCUT2D eigenvalue weighted by Gasteiger charge is 2.44. The molecule has 1 unspecified atom stereocenters. The lowest BCUT2D eigenvalue weighted by molar-refractivity contribution is -0.179. The molecule has 1 aromatic carbocycles. The lowest BCUT2D eigenvalue weighted by Crippen LogP contribution is -2.54. The van der Waals surface area contributed by atoms with Crippen molar-refractivity contribution in [3.05, 3.63) is 29.8 Å². The fraction of sp³-hybridized carbons (Fsp3) is 0.682. The van der Waals surface area contributed by atoms with Crippen molar-refractivity contribution < 1.29 is 27.4 Å². The molecular formula is C22H33N3O6S. The predicted molar refractivity (Wildman–Crippen MR) is 118 cm³/mol. The van der Waals surface area contributed by atoms with Crippen LogP contribution >= 0.6 is 0 Å². The van der Waals surface area contributed by atoms with Gasteiger partial charge in [-0.25, -0.2) is 0 Å². The fourth-order valence-corrected chi connectivity index (χ4v) is 6.34. The Hall–Kier alpha value is -1.72. The molecule has 3 aliphatic rings. The third kappa shape index (κ3) is 5.09. The van der Waals surface area contributed by atoms with E-state index in [0.29, 0.717) is 71.7 Å². The minimum Gasteiger partial charge on any atom is -0.494 e. The monoisotopic (exact) mass is 467 g/mol. The molecule has 3 saturated heterocycles. The zero-order valence-electron chi connectivity index (χ0n) is 18.6. The maximum absolute atomic E-state index is 13.2. The van der Waals surface area contributed by atoms with Crippen LogP contribution in [0, 0.1) is 5.92 Å². The van der Waals surface area contributed by atoms with Crippen molar-refractivity contribution in [2.75, 3.05) is 46.0 Å². The van der Waals surface area contributed by atoms with Crippen LogP contribution in [0.1, 0.15) is 38.2 Å². The van der Waals surface area contributed by atoms with Gasteiger partial charge in [0.2, 0.25) is 5.91 Å². The maximum atomic E-state index is 13.2. The molecule has 3 aliphatic heterocycles. The highest BCUT2D eigenvalue weighted by atomic mass is 32.2. The van der Waals surface area contributed by atoms with E-state index < -0.39 is 16.0 Å². The zero-order valence-corrected chi connectivity index (χ0v) is 19.4. The molecule has 0 aromatic heterocycles. The van der Waals surface area contributed by atoms with E-state index in [4.69, 9.17) is 14.2 Å². The van der Waals surface area contributed by atoms with Gasteiger partial charge in [-0.05, 0) is 25.8 Å². The number of rotatable bonds is 7. The highest BCUT2D eigenvalue weighted by molar-refractivity contribution is 7.86. The van der Waals surface area contributed by atoms with Gasteiger partial charge in [-0.3, -0.25) is 4.79 Å². The quantitative estimate of drug-likeness (QED) is 0.653. The van der Waals surface area contributed by atoms with Crippen LogP contribution < -0.4 is 10.1 Å². The summed E-state index contributed by atoms with van der Waals surface area (Å²) in [5, 5.41) is 2.96. The first kappa shape index (κ1) is 23.4. The third-order valence-electron chi connectivity index (χ3n) is 6.43. The Kier molecular flexibility index (Phi) is 7.36. The van der Waals surface area contributed by atoms with E-state index in [1.807, 2.05) is 31.2 Å². The van der Waals surface area contributed by atoms with Gasteiger partial charge >= 0.3 is 0 Å². The molecule has 1 atom stereocenters. The first-order chi connectivity index (χ1) is 15.4. The van der Waals surface area contributed by atoms with Gasteiger partial charge in [0.1, 0.15) is 5.75 Å². The molecule has 178 valence electrons. The summed E-state index contributed by atoms with van der Waals surface area (Å²) in [4.78, 5) is 12.8. The largest absolute Gasteiger partial charge is 0.494 e. The average Bonchev–Trinajstić information content (AvgIpc) is 3.26. The lowest BCUT2D eigenvalue weighted by atomic mass is 9.98. The molecule has 0 saturated carbocycles. The van der Waals surface area contributed by atoms with Crippen molar-refractivity contribution in [1.82, 2.24) is 13.9 Å². The molecule has 1 amide bonds. The van der Waals surface area contributed by atoms with E-state index in [9.17, 15) is 13.2 Å². The van der Waals surface area contributed by atoms with E-state index in [1.54, 1.807) is 0 Å². The number of ether oxygens (including phenoxy) is 3. The molecule has 1 N–H and O–H groups in total. The topological polar surface area (TPSA) is 97.4 Å². The highest BCUT2D eigenvalue weighted by Crippen LogP contribution is 2.33. The first-order valence-corrected chi connectivity index (χ1v) is 12.8. The van der Waals surface area contributed by atoms with Gasteiger partial charge in [0.05, 0.1) is 25.7 Å². The second-order valence-corrected chi connectivity index (χ2v) is 10.4. The van der Waals surface area contributed by atoms with E-state index in [2.05, 4.69) is 5.32 Å². The van der Waals surface area contributed by atoms with Crippen LogP contribution in [0.15, 0.2) is 24.3 Å². The Morgan fingerprint density at radius 3 is 2.59 bits per heavy atom. The second kappa shape index (κ2) is 10.0. The molecule has 32 heavy (non-hydrogen) atoms. The van der Waals surface area contributed by atoms with Crippen LogP contribution in [0.5, 0.6) is 5.75 Å². The van der Waals surface area contributed by atoms with Gasteiger partial charge < -0.3 is 19.5 Å². The van der Waals surface area contributed by atoms with Crippen LogP contribution in [0.4, 0.5) is 0 Å². The van der Waals surface area contributed by atoms with Crippen molar-refractivity contribution in [2.45, 2.75) is 44.9 Å². The van der Waals surface area contributed by atoms with E-state index in [-0.39, 0.29) is 18.4 Å². The molecule has 1 aromatic rings. The number of piperidine rings is 2. The minimum absolute atomic E-state index is 0.124. The number of benzene rings is 1. The summed E-state index contributed by atoms with van der Waals surface area (Å²) in [5.74, 6) is -0.355. The summed E-state index contributed by atoms with van der Waals surface area (Å²) < 4.78 is 46.4. The molecule has 3 heterocycles. The van der Waals surface area contributed by atoms with Crippen molar-refractivity contribution >= 4 is 16.1 Å². The van der Waals surface area contributed by atoms with Gasteiger partial charge in [0, 0.05) is 51.1 Å². The number of carbonyl (C=O) groups is 1. The third-order valence-corrected chi connectivity index (χ3v) is 8.43. The zero-order chi connectivity index (χ0) is 22.6. The Bertz CT molecular complexity index is 893. The lowest BCUT2D eigenvalue weighted by Gasteiger charge is -2.40. The van der Waals surface area contributed by atoms with Gasteiger partial charge in [-0.1, -0.05) is 18.2 Å². The molecule has 0 aliphatic carbocycles. The van der Waals surface area contributed by atoms with Gasteiger partial charge in [-0.15, -0.1) is 0 Å². The number of nitrogens with one attached hydrogen (secondary N) is 1. The summed E-state index contributed by atoms with van der Waals surface area (Å²) in [6.07, 6.45) is 2.40. The van der Waals surface area contributed by atoms with Crippen LogP contribution in [-0.4, -0.2) is 74.7 Å². The summed E-state index contributed by atoms with van der Waals surface area (Å²) >= 11 is 0. The molecule has 1 spiro atoms. The number of para-hydroxylation sites is 1. The van der Waals surface area contributed by atoms with Gasteiger partial charge in [0.15, 0.2) is 5.79 Å². The van der Waals surface area contributed by atoms with Crippen molar-refractivity contribution in [3.63, 3.8) is 0 Å². The Labute approximate surface area is 190 Å². The van der Waals surface area contributed by atoms with E-state index in [0.717, 1.165) is 11.3 Å². The van der Waals surface area contributed by atoms with Crippen molar-refractivity contribution in [2.24, 2.45) is 5.92 Å². The smallest absolute Gasteiger partial charge is 0.282 e. The van der Waals surface area contributed by atoms with Gasteiger partial charge in [-0.2, -0.15) is 17.0 Å². The number of hydrogen-bond donors (Lipinski definition) is 1. The summed E-state index contributed by atoms with van der Waals surface area (Å²) in [6, 6.07) is 7.60. The molecule has 4 rings (SSSR count). The number of carbonyl (C=O) groups excluding carboxylic acids is 1. The Morgan fingerprint density at radius 1 is 1.16 bits per heavy atom. The molecule has 0 bridgehead atoms. The standard InChI is InChI=1S/C22H33N3O6S/c1-2-29-20-8-4-3-6-18(20)16-23-21(26)19-7-5-11-25(17-19)32(27,28)24-12-9-22(10-13-24)30-14-15-31-22/h3-4,6,8,19H,2,5,7,9-17H2,1H3,(H,23,26). The number of hydrogen-bond acceptors (Lipinski definition) is 6. The summed E-state index contributed by atoms with van der Waals surface area (Å²) in [5.41, 5.74) is 0.904. The first-order valence-electron chi connectivity index (χ1n) is 11.4. The predicted octanol–water partition coefficient (Wildman–Crippen LogP) is 1.50. The van der Waals surface area contributed by atoms with Crippen LogP contribution in [-0.2, 0) is 31.0 Å². The van der Waals surface area contributed by atoms with Crippen LogP contribution in [0.25, 0.3) is 0 Å². The maximum Gasteiger partial charge on any atom is 0.282 e. The Morgan fingerprint density at radius 2 is 1.88 bits per heavy atom. The number of amides is 1. The van der Waals surface area contributed by atoms with Crippen LogP contribution in [0.3, 0.4) is 0 Å². The van der Waals surface area contributed by atoms with Crippen molar-refractivity contribution in [1.29, 1.82) is 0 Å². The molecule has 3 fully saturated rings. The van der Waals surface area contributed by atoms with Gasteiger partial charge in [0.25, 0.3) is 10.2 Å². The minimum atomic E-state index is -3.62. The average molecular weight is 468 g/mol. The van der Waals surface area contributed by atoms with Crippen molar-refractivity contribution in [3.8, 4) is 5.75 Å². The second-order valence-electron chi connectivity index (χ2n) is 8.47. The molecule has 0 radical (unpaired) electrons. The fourth-order valence-electron chi connectivity index (χ4n) is 4.65. The Balaban J connectivity index is 1.33. The van der Waals surface area contributed by atoms with E-state index >= 15 is 0 Å². The summed E-state index contributed by atoms with van der Waals surface area (Å²) in [7, 11) is -3.62. The number of nitrogens with zero attached hydrogens (tertiary/aromatic N) is 2. The van der Waals surface area contributed by atoms with Crippen LogP contribution in [0.2, 0.25) is 0 Å². The molecule has 9 nitrogen and oxygen atoms in total. The normalized spacial score (nSPS) is 24.5.